The number of carbonyl (C=O) groups is 3. The van der Waals surface area contributed by atoms with Crippen LogP contribution >= 0.6 is 11.3 Å². The van der Waals surface area contributed by atoms with E-state index >= 15 is 0 Å². The van der Waals surface area contributed by atoms with E-state index in [0.29, 0.717) is 29.1 Å². The van der Waals surface area contributed by atoms with Crippen LogP contribution in [0.3, 0.4) is 0 Å². The predicted molar refractivity (Wildman–Crippen MR) is 128 cm³/mol. The van der Waals surface area contributed by atoms with E-state index in [4.69, 9.17) is 0 Å². The second-order valence-electron chi connectivity index (χ2n) is 6.65. The number of carbonyl (C=O) groups excluding carboxylic acids is 3. The zero-order chi connectivity index (χ0) is 22.8. The largest absolute Gasteiger partial charge is 0.354 e. The number of anilines is 1. The van der Waals surface area contributed by atoms with Gasteiger partial charge in [-0.3, -0.25) is 14.4 Å². The Morgan fingerprint density at radius 3 is 2.55 bits per heavy atom. The molecule has 1 aromatic heterocycles. The summed E-state index contributed by atoms with van der Waals surface area (Å²) in [5.41, 5.74) is 1.53. The summed E-state index contributed by atoms with van der Waals surface area (Å²) in [6.07, 6.45) is 5.69. The van der Waals surface area contributed by atoms with Crippen LogP contribution in [0.25, 0.3) is 12.2 Å². The summed E-state index contributed by atoms with van der Waals surface area (Å²) in [6.45, 7) is 12.1. The van der Waals surface area contributed by atoms with Gasteiger partial charge in [-0.05, 0) is 43.0 Å². The minimum absolute atomic E-state index is 0.176. The van der Waals surface area contributed by atoms with Crippen molar-refractivity contribution in [2.75, 3.05) is 11.9 Å². The summed E-state index contributed by atoms with van der Waals surface area (Å²) in [5, 5.41) is 8.38. The molecule has 1 aliphatic rings. The quantitative estimate of drug-likeness (QED) is 0.609. The molecule has 2 aromatic rings. The van der Waals surface area contributed by atoms with Gasteiger partial charge < -0.3 is 16.0 Å². The molecule has 2 heterocycles. The highest BCUT2D eigenvalue weighted by molar-refractivity contribution is 7.15. The van der Waals surface area contributed by atoms with E-state index in [0.717, 1.165) is 23.3 Å². The zero-order valence-electron chi connectivity index (χ0n) is 18.0. The first-order chi connectivity index (χ1) is 15.0. The first-order valence-electron chi connectivity index (χ1n) is 10.4. The fourth-order valence-electron chi connectivity index (χ4n) is 3.14. The molecule has 0 saturated carbocycles. The Morgan fingerprint density at radius 2 is 1.87 bits per heavy atom. The summed E-state index contributed by atoms with van der Waals surface area (Å²) in [7, 11) is 0. The van der Waals surface area contributed by atoms with Crippen LogP contribution in [-0.2, 0) is 4.79 Å². The fourth-order valence-corrected chi connectivity index (χ4v) is 4.05. The first kappa shape index (κ1) is 24.1. The van der Waals surface area contributed by atoms with Crippen molar-refractivity contribution in [1.82, 2.24) is 10.6 Å². The van der Waals surface area contributed by atoms with Crippen LogP contribution in [0.1, 0.15) is 63.6 Å². The predicted octanol–water partition coefficient (Wildman–Crippen LogP) is 4.71. The standard InChI is InChI=1S/C22H23N3O3S.C2H6/c1-3-14-13-19(29-18(14)4-2)22(28)24-16-10-6-5-9-15(16)20(26)25-17-11-7-8-12-23-21(17)27;1-2/h3-6,9-10,13,17H,1-2,7-8,11-12H2,(H,23,27)(H,24,28)(H,25,26);1-2H3. The van der Waals surface area contributed by atoms with Crippen molar-refractivity contribution in [2.45, 2.75) is 39.2 Å². The number of amides is 3. The van der Waals surface area contributed by atoms with Crippen LogP contribution in [0.2, 0.25) is 0 Å². The summed E-state index contributed by atoms with van der Waals surface area (Å²) in [6, 6.07) is 7.91. The van der Waals surface area contributed by atoms with E-state index in [1.54, 1.807) is 42.5 Å². The van der Waals surface area contributed by atoms with Gasteiger partial charge in [0, 0.05) is 11.4 Å². The molecule has 3 rings (SSSR count). The van der Waals surface area contributed by atoms with Crippen LogP contribution in [0.4, 0.5) is 5.69 Å². The van der Waals surface area contributed by atoms with Gasteiger partial charge in [-0.1, -0.05) is 51.3 Å². The molecule has 3 N–H and O–H groups in total. The number of rotatable bonds is 6. The van der Waals surface area contributed by atoms with Crippen molar-refractivity contribution in [3.05, 3.63) is 64.4 Å². The molecule has 7 heteroatoms. The molecule has 3 amide bonds. The van der Waals surface area contributed by atoms with Gasteiger partial charge in [0.1, 0.15) is 6.04 Å². The third-order valence-electron chi connectivity index (χ3n) is 4.68. The maximum absolute atomic E-state index is 12.8. The van der Waals surface area contributed by atoms with Gasteiger partial charge in [-0.15, -0.1) is 11.3 Å². The molecule has 0 aliphatic carbocycles. The van der Waals surface area contributed by atoms with Crippen molar-refractivity contribution in [2.24, 2.45) is 0 Å². The molecule has 164 valence electrons. The minimum atomic E-state index is -0.573. The smallest absolute Gasteiger partial charge is 0.265 e. The van der Waals surface area contributed by atoms with Crippen LogP contribution in [0.15, 0.2) is 43.5 Å². The Balaban J connectivity index is 0.00000166. The molecular formula is C24H29N3O3S. The number of hydrogen-bond acceptors (Lipinski definition) is 4. The van der Waals surface area contributed by atoms with Crippen molar-refractivity contribution >= 4 is 46.9 Å². The minimum Gasteiger partial charge on any atom is -0.354 e. The number of thiophene rings is 1. The lowest BCUT2D eigenvalue weighted by Gasteiger charge is -2.17. The summed E-state index contributed by atoms with van der Waals surface area (Å²) < 4.78 is 0. The first-order valence-corrected chi connectivity index (χ1v) is 11.2. The van der Waals surface area contributed by atoms with Crippen LogP contribution in [0, 0.1) is 0 Å². The molecule has 0 bridgehead atoms. The molecule has 0 radical (unpaired) electrons. The lowest BCUT2D eigenvalue weighted by atomic mass is 10.1. The lowest BCUT2D eigenvalue weighted by Crippen LogP contribution is -2.45. The molecule has 1 unspecified atom stereocenters. The second-order valence-corrected chi connectivity index (χ2v) is 7.73. The van der Waals surface area contributed by atoms with Gasteiger partial charge in [0.15, 0.2) is 0 Å². The molecule has 1 aromatic carbocycles. The highest BCUT2D eigenvalue weighted by Crippen LogP contribution is 2.26. The Bertz CT molecular complexity index is 939. The normalized spacial score (nSPS) is 15.4. The Hall–Kier alpha value is -3.19. The zero-order valence-corrected chi connectivity index (χ0v) is 18.8. The average Bonchev–Trinajstić information content (AvgIpc) is 3.13. The van der Waals surface area contributed by atoms with E-state index in [9.17, 15) is 14.4 Å². The molecule has 1 aliphatic heterocycles. The summed E-state index contributed by atoms with van der Waals surface area (Å²) in [5.74, 6) is -0.892. The van der Waals surface area contributed by atoms with Gasteiger partial charge in [-0.25, -0.2) is 0 Å². The molecular weight excluding hydrogens is 410 g/mol. The van der Waals surface area contributed by atoms with Crippen molar-refractivity contribution in [1.29, 1.82) is 0 Å². The Kier molecular flexibility index (Phi) is 9.21. The molecule has 0 spiro atoms. The number of para-hydroxylation sites is 1. The van der Waals surface area contributed by atoms with E-state index in [1.165, 1.54) is 11.3 Å². The molecule has 1 saturated heterocycles. The Morgan fingerprint density at radius 1 is 1.13 bits per heavy atom. The van der Waals surface area contributed by atoms with E-state index in [1.807, 2.05) is 13.8 Å². The third kappa shape index (κ3) is 6.15. The SMILES string of the molecule is C=Cc1cc(C(=O)Nc2ccccc2C(=O)NC2CCCCNC2=O)sc1C=C.CC. The lowest BCUT2D eigenvalue weighted by molar-refractivity contribution is -0.122. The van der Waals surface area contributed by atoms with Gasteiger partial charge in [-0.2, -0.15) is 0 Å². The number of hydrogen-bond donors (Lipinski definition) is 3. The molecule has 6 nitrogen and oxygen atoms in total. The summed E-state index contributed by atoms with van der Waals surface area (Å²) in [4.78, 5) is 39.0. The van der Waals surface area contributed by atoms with Gasteiger partial charge >= 0.3 is 0 Å². The summed E-state index contributed by atoms with van der Waals surface area (Å²) >= 11 is 1.30. The van der Waals surface area contributed by atoms with Crippen molar-refractivity contribution < 1.29 is 14.4 Å². The van der Waals surface area contributed by atoms with Gasteiger partial charge in [0.2, 0.25) is 5.91 Å². The van der Waals surface area contributed by atoms with Crippen LogP contribution in [0.5, 0.6) is 0 Å². The number of benzene rings is 1. The molecule has 1 fully saturated rings. The maximum Gasteiger partial charge on any atom is 0.265 e. The van der Waals surface area contributed by atoms with E-state index in [-0.39, 0.29) is 11.8 Å². The van der Waals surface area contributed by atoms with Crippen molar-refractivity contribution in [3.63, 3.8) is 0 Å². The van der Waals surface area contributed by atoms with E-state index in [2.05, 4.69) is 29.1 Å². The van der Waals surface area contributed by atoms with Gasteiger partial charge in [0.25, 0.3) is 11.8 Å². The maximum atomic E-state index is 12.8. The van der Waals surface area contributed by atoms with Crippen molar-refractivity contribution in [3.8, 4) is 0 Å². The highest BCUT2D eigenvalue weighted by Gasteiger charge is 2.24. The number of nitrogens with one attached hydrogen (secondary N) is 3. The monoisotopic (exact) mass is 439 g/mol. The third-order valence-corrected chi connectivity index (χ3v) is 5.83. The topological polar surface area (TPSA) is 87.3 Å². The van der Waals surface area contributed by atoms with Gasteiger partial charge in [0.05, 0.1) is 16.1 Å². The van der Waals surface area contributed by atoms with Crippen LogP contribution in [-0.4, -0.2) is 30.3 Å². The second kappa shape index (κ2) is 11.9. The highest BCUT2D eigenvalue weighted by atomic mass is 32.1. The Labute approximate surface area is 187 Å². The molecule has 31 heavy (non-hydrogen) atoms. The van der Waals surface area contributed by atoms with Crippen LogP contribution < -0.4 is 16.0 Å². The average molecular weight is 440 g/mol. The molecule has 1 atom stereocenters. The fraction of sp³-hybridized carbons (Fsp3) is 0.292. The van der Waals surface area contributed by atoms with E-state index < -0.39 is 11.9 Å².